The number of hydrogen-bond donors (Lipinski definition) is 1. The van der Waals surface area contributed by atoms with Gasteiger partial charge in [0.05, 0.1) is 5.41 Å². The Morgan fingerprint density at radius 1 is 0.966 bits per heavy atom. The summed E-state index contributed by atoms with van der Waals surface area (Å²) < 4.78 is 88.5. The van der Waals surface area contributed by atoms with Gasteiger partial charge in [-0.05, 0) is 51.4 Å². The van der Waals surface area contributed by atoms with Crippen molar-refractivity contribution >= 4 is 11.9 Å². The van der Waals surface area contributed by atoms with Crippen LogP contribution in [0.25, 0.3) is 0 Å². The van der Waals surface area contributed by atoms with Gasteiger partial charge in [0, 0.05) is 5.92 Å². The largest absolute Gasteiger partial charge is 0.460 e. The molecule has 11 heteroatoms. The number of hydrogen-bond acceptors (Lipinski definition) is 5. The summed E-state index contributed by atoms with van der Waals surface area (Å²) in [7, 11) is 0. The van der Waals surface area contributed by atoms with E-state index in [1.54, 1.807) is 20.8 Å². The average molecular weight is 434 g/mol. The predicted molar refractivity (Wildman–Crippen MR) is 86.3 cm³/mol. The van der Waals surface area contributed by atoms with Crippen molar-refractivity contribution in [3.05, 3.63) is 0 Å². The van der Waals surface area contributed by atoms with Gasteiger partial charge in [-0.15, -0.1) is 0 Å². The molecule has 2 bridgehead atoms. The second-order valence-corrected chi connectivity index (χ2v) is 8.44. The van der Waals surface area contributed by atoms with Crippen molar-refractivity contribution in [1.82, 2.24) is 0 Å². The fourth-order valence-electron chi connectivity index (χ4n) is 4.13. The van der Waals surface area contributed by atoms with E-state index in [-0.39, 0.29) is 12.8 Å². The van der Waals surface area contributed by atoms with Crippen molar-refractivity contribution < 1.29 is 50.5 Å². The van der Waals surface area contributed by atoms with Crippen molar-refractivity contribution in [3.63, 3.8) is 0 Å². The Kier molecular flexibility index (Phi) is 6.25. The molecule has 2 fully saturated rings. The summed E-state index contributed by atoms with van der Waals surface area (Å²) in [5.41, 5.74) is -5.60. The van der Waals surface area contributed by atoms with Crippen LogP contribution < -0.4 is 0 Å². The second-order valence-electron chi connectivity index (χ2n) is 8.44. The lowest BCUT2D eigenvalue weighted by atomic mass is 9.74. The molecule has 0 amide bonds. The molecule has 0 spiro atoms. The molecule has 2 aliphatic rings. The normalized spacial score (nSPS) is 27.8. The Morgan fingerprint density at radius 2 is 1.52 bits per heavy atom. The number of alkyl halides is 6. The number of ether oxygens (including phenoxy) is 2. The number of esters is 2. The van der Waals surface area contributed by atoms with E-state index in [1.165, 1.54) is 0 Å². The van der Waals surface area contributed by atoms with Gasteiger partial charge in [-0.3, -0.25) is 4.79 Å². The van der Waals surface area contributed by atoms with Gasteiger partial charge >= 0.3 is 24.3 Å². The molecular formula is C18H24F6O5. The number of carbonyl (C=O) groups is 2. The third-order valence-electron chi connectivity index (χ3n) is 6.23. The minimum absolute atomic E-state index is 0.0141. The molecule has 0 aliphatic heterocycles. The van der Waals surface area contributed by atoms with Gasteiger partial charge in [-0.2, -0.15) is 26.3 Å². The van der Waals surface area contributed by atoms with Crippen LogP contribution in [0, 0.1) is 23.2 Å². The Hall–Kier alpha value is -1.52. The Labute approximate surface area is 163 Å². The summed E-state index contributed by atoms with van der Waals surface area (Å²) in [4.78, 5) is 23.7. The van der Waals surface area contributed by atoms with Crippen LogP contribution in [0.4, 0.5) is 26.3 Å². The molecule has 2 rings (SSSR count). The molecule has 2 aliphatic carbocycles. The fourth-order valence-corrected chi connectivity index (χ4v) is 4.13. The molecular weight excluding hydrogens is 410 g/mol. The van der Waals surface area contributed by atoms with Gasteiger partial charge in [0.15, 0.2) is 6.61 Å². The zero-order chi connectivity index (χ0) is 22.4. The average Bonchev–Trinajstić information content (AvgIpc) is 3.16. The Balaban J connectivity index is 1.97. The summed E-state index contributed by atoms with van der Waals surface area (Å²) in [6.07, 6.45) is -12.9. The van der Waals surface area contributed by atoms with Crippen molar-refractivity contribution in [2.45, 2.75) is 70.5 Å². The van der Waals surface area contributed by atoms with Crippen LogP contribution in [0.1, 0.15) is 46.5 Å². The molecule has 0 aromatic heterocycles. The highest BCUT2D eigenvalue weighted by atomic mass is 19.4. The molecule has 1 N–H and O–H groups in total. The van der Waals surface area contributed by atoms with Crippen LogP contribution in [0.5, 0.6) is 0 Å². The van der Waals surface area contributed by atoms with E-state index in [4.69, 9.17) is 9.47 Å². The van der Waals surface area contributed by atoms with Crippen molar-refractivity contribution in [3.8, 4) is 0 Å². The molecule has 2 saturated carbocycles. The molecule has 4 atom stereocenters. The molecule has 0 radical (unpaired) electrons. The highest BCUT2D eigenvalue weighted by molar-refractivity contribution is 5.79. The minimum atomic E-state index is -5.87. The van der Waals surface area contributed by atoms with Crippen LogP contribution in [-0.4, -0.2) is 47.7 Å². The van der Waals surface area contributed by atoms with E-state index in [2.05, 4.69) is 0 Å². The third-order valence-corrected chi connectivity index (χ3v) is 6.23. The van der Waals surface area contributed by atoms with Crippen molar-refractivity contribution in [2.24, 2.45) is 23.2 Å². The standard InChI is InChI=1S/C18H24F6O5/c1-4-15(2,3)14(26)28-8-13(25)29-12-7-9-5-10(12)6-11(9)16(27,17(19,20)21)18(22,23)24/h9-12,27H,4-8H2,1-3H3. The van der Waals surface area contributed by atoms with E-state index in [1.807, 2.05) is 0 Å². The first-order valence-electron chi connectivity index (χ1n) is 9.27. The summed E-state index contributed by atoms with van der Waals surface area (Å²) in [5, 5.41) is 9.60. The first kappa shape index (κ1) is 23.8. The van der Waals surface area contributed by atoms with Crippen LogP contribution in [0.3, 0.4) is 0 Å². The number of fused-ring (bicyclic) bond motifs is 2. The van der Waals surface area contributed by atoms with Crippen LogP contribution in [0.15, 0.2) is 0 Å². The van der Waals surface area contributed by atoms with E-state index in [9.17, 15) is 41.0 Å². The van der Waals surface area contributed by atoms with Crippen LogP contribution >= 0.6 is 0 Å². The molecule has 4 unspecified atom stereocenters. The lowest BCUT2D eigenvalue weighted by Crippen LogP contribution is -2.63. The summed E-state index contributed by atoms with van der Waals surface area (Å²) in [6.45, 7) is 4.32. The first-order chi connectivity index (χ1) is 13.0. The van der Waals surface area contributed by atoms with E-state index in [0.717, 1.165) is 0 Å². The zero-order valence-corrected chi connectivity index (χ0v) is 16.2. The summed E-state index contributed by atoms with van der Waals surface area (Å²) in [5.74, 6) is -5.40. The summed E-state index contributed by atoms with van der Waals surface area (Å²) in [6, 6.07) is 0. The second kappa shape index (κ2) is 7.63. The Bertz CT molecular complexity index is 628. The van der Waals surface area contributed by atoms with Crippen molar-refractivity contribution in [2.75, 3.05) is 6.61 Å². The maximum absolute atomic E-state index is 13.1. The molecule has 0 aromatic rings. The predicted octanol–water partition coefficient (Wildman–Crippen LogP) is 3.78. The lowest BCUT2D eigenvalue weighted by molar-refractivity contribution is -0.389. The van der Waals surface area contributed by atoms with Gasteiger partial charge < -0.3 is 14.6 Å². The van der Waals surface area contributed by atoms with E-state index in [0.29, 0.717) is 6.42 Å². The van der Waals surface area contributed by atoms with Gasteiger partial charge in [0.25, 0.3) is 5.60 Å². The first-order valence-corrected chi connectivity index (χ1v) is 9.27. The van der Waals surface area contributed by atoms with Crippen molar-refractivity contribution in [1.29, 1.82) is 0 Å². The maximum atomic E-state index is 13.1. The van der Waals surface area contributed by atoms with Gasteiger partial charge in [0.2, 0.25) is 0 Å². The van der Waals surface area contributed by atoms with Gasteiger partial charge in [0.1, 0.15) is 6.10 Å². The molecule has 5 nitrogen and oxygen atoms in total. The molecule has 168 valence electrons. The summed E-state index contributed by atoms with van der Waals surface area (Å²) >= 11 is 0. The zero-order valence-electron chi connectivity index (χ0n) is 16.2. The number of carbonyl (C=O) groups excluding carboxylic acids is 2. The monoisotopic (exact) mass is 434 g/mol. The number of halogens is 6. The topological polar surface area (TPSA) is 72.8 Å². The van der Waals surface area contributed by atoms with E-state index < -0.39 is 72.2 Å². The molecule has 0 aromatic carbocycles. The highest BCUT2D eigenvalue weighted by Gasteiger charge is 2.76. The van der Waals surface area contributed by atoms with Gasteiger partial charge in [-0.25, -0.2) is 4.79 Å². The minimum Gasteiger partial charge on any atom is -0.460 e. The SMILES string of the molecule is CCC(C)(C)C(=O)OCC(=O)OC1CC2CC1CC2C(O)(C(F)(F)F)C(F)(F)F. The lowest BCUT2D eigenvalue weighted by Gasteiger charge is -2.41. The highest BCUT2D eigenvalue weighted by Crippen LogP contribution is 2.60. The van der Waals surface area contributed by atoms with E-state index >= 15 is 0 Å². The van der Waals surface area contributed by atoms with Crippen LogP contribution in [0.2, 0.25) is 0 Å². The van der Waals surface area contributed by atoms with Gasteiger partial charge in [-0.1, -0.05) is 6.92 Å². The smallest absolute Gasteiger partial charge is 0.426 e. The quantitative estimate of drug-likeness (QED) is 0.509. The number of aliphatic hydroxyl groups is 1. The molecule has 0 saturated heterocycles. The molecule has 0 heterocycles. The Morgan fingerprint density at radius 3 is 1.93 bits per heavy atom. The third kappa shape index (κ3) is 4.34. The number of rotatable bonds is 6. The van der Waals surface area contributed by atoms with Crippen LogP contribution in [-0.2, 0) is 19.1 Å². The molecule has 29 heavy (non-hydrogen) atoms. The fraction of sp³-hybridized carbons (Fsp3) is 0.889. The maximum Gasteiger partial charge on any atom is 0.426 e.